The zero-order chi connectivity index (χ0) is 29.8. The first-order chi connectivity index (χ1) is 19.7. The molecule has 4 rings (SSSR count). The molecule has 3 aromatic rings. The average Bonchev–Trinajstić information content (AvgIpc) is 3.26. The van der Waals surface area contributed by atoms with Crippen molar-refractivity contribution in [3.63, 3.8) is 0 Å². The Morgan fingerprint density at radius 3 is 2.20 bits per heavy atom. The number of methoxy groups -OCH3 is 4. The molecular weight excluding hydrogens is 616 g/mol. The van der Waals surface area contributed by atoms with Crippen LogP contribution in [0.1, 0.15) is 37.9 Å². The van der Waals surface area contributed by atoms with Gasteiger partial charge >= 0.3 is 5.97 Å². The predicted octanol–water partition coefficient (Wildman–Crippen LogP) is 3.99. The first kappa shape index (κ1) is 30.2. The van der Waals surface area contributed by atoms with Gasteiger partial charge in [-0.15, -0.1) is 0 Å². The van der Waals surface area contributed by atoms with Gasteiger partial charge in [-0.1, -0.05) is 27.3 Å². The van der Waals surface area contributed by atoms with Crippen molar-refractivity contribution < 1.29 is 33.2 Å². The molecule has 1 atom stereocenters. The molecule has 0 saturated heterocycles. The number of hydrogen-bond donors (Lipinski definition) is 0. The van der Waals surface area contributed by atoms with Crippen LogP contribution in [0, 0.1) is 0 Å². The first-order valence-electron chi connectivity index (χ1n) is 12.7. The summed E-state index contributed by atoms with van der Waals surface area (Å²) in [5, 5.41) is 0. The van der Waals surface area contributed by atoms with Crippen molar-refractivity contribution in [2.24, 2.45) is 4.99 Å². The molecule has 0 N–H and O–H groups in total. The molecule has 0 aliphatic carbocycles. The third-order valence-electron chi connectivity index (χ3n) is 6.38. The summed E-state index contributed by atoms with van der Waals surface area (Å²) >= 11 is 4.84. The van der Waals surface area contributed by atoms with Crippen LogP contribution in [0.2, 0.25) is 0 Å². The van der Waals surface area contributed by atoms with E-state index in [4.69, 9.17) is 28.4 Å². The van der Waals surface area contributed by atoms with Gasteiger partial charge in [-0.2, -0.15) is 0 Å². The Hall–Kier alpha value is -3.77. The quantitative estimate of drug-likeness (QED) is 0.304. The summed E-state index contributed by atoms with van der Waals surface area (Å²) in [6.45, 7) is 5.94. The highest BCUT2D eigenvalue weighted by Gasteiger charge is 2.35. The summed E-state index contributed by atoms with van der Waals surface area (Å²) < 4.78 is 35.6. The Morgan fingerprint density at radius 1 is 0.976 bits per heavy atom. The highest BCUT2D eigenvalue weighted by molar-refractivity contribution is 9.10. The van der Waals surface area contributed by atoms with Crippen molar-refractivity contribution in [3.05, 3.63) is 70.8 Å². The third kappa shape index (κ3) is 5.71. The van der Waals surface area contributed by atoms with Crippen molar-refractivity contribution in [1.82, 2.24) is 4.57 Å². The average molecular weight is 648 g/mol. The number of halogens is 1. The van der Waals surface area contributed by atoms with Crippen molar-refractivity contribution in [2.45, 2.75) is 26.8 Å². The first-order valence-corrected chi connectivity index (χ1v) is 14.3. The second kappa shape index (κ2) is 12.8. The van der Waals surface area contributed by atoms with E-state index < -0.39 is 12.0 Å². The van der Waals surface area contributed by atoms with E-state index in [0.717, 1.165) is 0 Å². The van der Waals surface area contributed by atoms with E-state index in [0.29, 0.717) is 66.0 Å². The molecule has 12 heteroatoms. The fraction of sp³-hybridized carbons (Fsp3) is 0.345. The van der Waals surface area contributed by atoms with Crippen molar-refractivity contribution in [3.8, 4) is 28.7 Å². The van der Waals surface area contributed by atoms with Gasteiger partial charge in [-0.05, 0) is 62.2 Å². The fourth-order valence-corrected chi connectivity index (χ4v) is 6.20. The molecule has 218 valence electrons. The van der Waals surface area contributed by atoms with E-state index in [1.54, 1.807) is 44.2 Å². The van der Waals surface area contributed by atoms with E-state index in [1.807, 2.05) is 6.92 Å². The van der Waals surface area contributed by atoms with Gasteiger partial charge in [0.1, 0.15) is 0 Å². The zero-order valence-corrected chi connectivity index (χ0v) is 26.2. The molecular formula is C29H31BrN2O8S. The minimum atomic E-state index is -0.841. The molecule has 1 aromatic heterocycles. The highest BCUT2D eigenvalue weighted by atomic mass is 79.9. The number of esters is 1. The van der Waals surface area contributed by atoms with Gasteiger partial charge in [0, 0.05) is 4.47 Å². The number of ether oxygens (including phenoxy) is 6. The van der Waals surface area contributed by atoms with E-state index in [-0.39, 0.29) is 17.7 Å². The minimum absolute atomic E-state index is 0.168. The number of carbonyl (C=O) groups is 1. The molecule has 0 fully saturated rings. The summed E-state index contributed by atoms with van der Waals surface area (Å²) in [4.78, 5) is 32.4. The maximum atomic E-state index is 14.1. The van der Waals surface area contributed by atoms with Crippen LogP contribution in [-0.2, 0) is 9.53 Å². The van der Waals surface area contributed by atoms with Crippen LogP contribution in [0.5, 0.6) is 28.7 Å². The van der Waals surface area contributed by atoms with Crippen LogP contribution < -0.4 is 38.6 Å². The van der Waals surface area contributed by atoms with E-state index >= 15 is 0 Å². The Balaban J connectivity index is 2.00. The molecule has 41 heavy (non-hydrogen) atoms. The van der Waals surface area contributed by atoms with Gasteiger partial charge in [-0.3, -0.25) is 9.36 Å². The van der Waals surface area contributed by atoms with Gasteiger partial charge in [0.05, 0.1) is 63.5 Å². The number of carbonyl (C=O) groups excluding carboxylic acids is 1. The van der Waals surface area contributed by atoms with Crippen LogP contribution in [0.25, 0.3) is 6.08 Å². The van der Waals surface area contributed by atoms with Gasteiger partial charge in [-0.25, -0.2) is 9.79 Å². The Kier molecular flexibility index (Phi) is 9.44. The van der Waals surface area contributed by atoms with Crippen LogP contribution in [-0.4, -0.2) is 52.2 Å². The lowest BCUT2D eigenvalue weighted by molar-refractivity contribution is -0.139. The lowest BCUT2D eigenvalue weighted by Gasteiger charge is -2.26. The normalized spacial score (nSPS) is 14.7. The fourth-order valence-electron chi connectivity index (χ4n) is 4.61. The number of nitrogens with zero attached hydrogens (tertiary/aromatic N) is 2. The van der Waals surface area contributed by atoms with Gasteiger partial charge in [0.25, 0.3) is 5.56 Å². The molecule has 1 aliphatic rings. The molecule has 1 aliphatic heterocycles. The van der Waals surface area contributed by atoms with Crippen LogP contribution in [0.4, 0.5) is 0 Å². The SMILES string of the molecule is CCOC(=O)C1=C(C)N=c2s/c(=C/c3cc(OC)c(OC)c(OC)c3)c(=O)n2[C@H]1c1cc(OC)c(OCC)cc1Br. The Labute approximate surface area is 249 Å². The standard InChI is InChI=1S/C29H31BrN2O8S/c1-8-39-20-14-18(30)17(13-19(20)35-4)25-24(28(34)40-9-2)15(3)31-29-32(25)27(33)23(41-29)12-16-10-21(36-5)26(38-7)22(11-16)37-6/h10-14,25H,8-9H2,1-7H3/b23-12+/t25-/m0/s1. The van der Waals surface area contributed by atoms with Gasteiger partial charge in [0.2, 0.25) is 5.75 Å². The number of aromatic nitrogens is 1. The molecule has 0 bridgehead atoms. The van der Waals surface area contributed by atoms with Crippen molar-refractivity contribution >= 4 is 39.3 Å². The Morgan fingerprint density at radius 2 is 1.63 bits per heavy atom. The summed E-state index contributed by atoms with van der Waals surface area (Å²) in [6, 6.07) is 6.18. The zero-order valence-electron chi connectivity index (χ0n) is 23.8. The number of allylic oxidation sites excluding steroid dienone is 1. The number of thiazole rings is 1. The predicted molar refractivity (Wildman–Crippen MR) is 158 cm³/mol. The summed E-state index contributed by atoms with van der Waals surface area (Å²) in [5.41, 5.74) is 1.65. The number of rotatable bonds is 10. The second-order valence-electron chi connectivity index (χ2n) is 8.72. The van der Waals surface area contributed by atoms with Crippen LogP contribution in [0.3, 0.4) is 0 Å². The number of hydrogen-bond acceptors (Lipinski definition) is 10. The third-order valence-corrected chi connectivity index (χ3v) is 8.05. The smallest absolute Gasteiger partial charge is 0.338 e. The maximum Gasteiger partial charge on any atom is 0.338 e. The molecule has 0 unspecified atom stereocenters. The Bertz CT molecular complexity index is 1670. The monoisotopic (exact) mass is 646 g/mol. The summed E-state index contributed by atoms with van der Waals surface area (Å²) in [7, 11) is 6.11. The second-order valence-corrected chi connectivity index (χ2v) is 10.6. The number of benzene rings is 2. The molecule has 2 aromatic carbocycles. The van der Waals surface area contributed by atoms with Gasteiger partial charge in [0.15, 0.2) is 27.8 Å². The van der Waals surface area contributed by atoms with E-state index in [2.05, 4.69) is 20.9 Å². The molecule has 2 heterocycles. The molecule has 10 nitrogen and oxygen atoms in total. The summed E-state index contributed by atoms with van der Waals surface area (Å²) in [6.07, 6.45) is 1.72. The minimum Gasteiger partial charge on any atom is -0.493 e. The molecule has 0 saturated carbocycles. The van der Waals surface area contributed by atoms with Crippen molar-refractivity contribution in [2.75, 3.05) is 41.7 Å². The topological polar surface area (TPSA) is 107 Å². The number of fused-ring (bicyclic) bond motifs is 1. The van der Waals surface area contributed by atoms with E-state index in [1.165, 1.54) is 44.3 Å². The molecule has 0 amide bonds. The lowest BCUT2D eigenvalue weighted by Crippen LogP contribution is -2.40. The largest absolute Gasteiger partial charge is 0.493 e. The summed E-state index contributed by atoms with van der Waals surface area (Å²) in [5.74, 6) is 1.78. The lowest BCUT2D eigenvalue weighted by atomic mass is 9.95. The maximum absolute atomic E-state index is 14.1. The van der Waals surface area contributed by atoms with E-state index in [9.17, 15) is 9.59 Å². The van der Waals surface area contributed by atoms with Crippen molar-refractivity contribution in [1.29, 1.82) is 0 Å². The van der Waals surface area contributed by atoms with Crippen LogP contribution >= 0.6 is 27.3 Å². The van der Waals surface area contributed by atoms with Gasteiger partial charge < -0.3 is 28.4 Å². The highest BCUT2D eigenvalue weighted by Crippen LogP contribution is 2.41. The molecule has 0 radical (unpaired) electrons. The molecule has 0 spiro atoms. The van der Waals surface area contributed by atoms with Crippen LogP contribution in [0.15, 0.2) is 49.8 Å².